The number of benzene rings is 1. The maximum atomic E-state index is 10.9. The van der Waals surface area contributed by atoms with Gasteiger partial charge in [0.25, 0.3) is 0 Å². The molecule has 1 rings (SSSR count). The van der Waals surface area contributed by atoms with Crippen molar-refractivity contribution in [2.45, 2.75) is 13.8 Å². The van der Waals surface area contributed by atoms with Gasteiger partial charge in [-0.25, -0.2) is 4.79 Å². The van der Waals surface area contributed by atoms with Gasteiger partial charge in [0.1, 0.15) is 12.4 Å². The van der Waals surface area contributed by atoms with Gasteiger partial charge in [0.05, 0.1) is 11.0 Å². The lowest BCUT2D eigenvalue weighted by atomic mass is 9.95. The van der Waals surface area contributed by atoms with Gasteiger partial charge in [-0.1, -0.05) is 0 Å². The van der Waals surface area contributed by atoms with Crippen LogP contribution in [0.2, 0.25) is 0 Å². The largest absolute Gasteiger partial charge is 0.492 e. The van der Waals surface area contributed by atoms with E-state index in [0.717, 1.165) is 0 Å². The Morgan fingerprint density at radius 1 is 1.33 bits per heavy atom. The number of anilines is 1. The van der Waals surface area contributed by atoms with Crippen molar-refractivity contribution in [2.75, 3.05) is 12.3 Å². The van der Waals surface area contributed by atoms with Gasteiger partial charge in [-0.15, -0.1) is 0 Å². The number of rotatable bonds is 5. The van der Waals surface area contributed by atoms with Crippen LogP contribution in [0.5, 0.6) is 5.75 Å². The topological polar surface area (TPSA) is 110 Å². The second-order valence-electron chi connectivity index (χ2n) is 4.53. The fourth-order valence-corrected chi connectivity index (χ4v) is 1.15. The molecule has 98 valence electrons. The van der Waals surface area contributed by atoms with Crippen LogP contribution in [0.3, 0.4) is 0 Å². The van der Waals surface area contributed by atoms with Crippen LogP contribution in [0, 0.1) is 5.41 Å². The number of nitrogens with two attached hydrogens (primary N) is 1. The molecule has 0 bridgehead atoms. The number of carboxylic acids is 2. The smallest absolute Gasteiger partial charge is 0.337 e. The standard InChI is InChI=1S/C12H15NO5/c1-12(2,11(16)17)6-18-7-3-4-8(10(14)15)9(13)5-7/h3-5H,6,13H2,1-2H3,(H,14,15)(H,16,17). The molecule has 1 aromatic rings. The van der Waals surface area contributed by atoms with Crippen LogP contribution in [-0.2, 0) is 4.79 Å². The zero-order chi connectivity index (χ0) is 13.9. The lowest BCUT2D eigenvalue weighted by Crippen LogP contribution is -2.30. The number of nitrogen functional groups attached to an aromatic ring is 1. The van der Waals surface area contributed by atoms with Crippen molar-refractivity contribution in [3.05, 3.63) is 23.8 Å². The van der Waals surface area contributed by atoms with Crippen LogP contribution in [-0.4, -0.2) is 28.8 Å². The minimum Gasteiger partial charge on any atom is -0.492 e. The Labute approximate surface area is 104 Å². The fraction of sp³-hybridized carbons (Fsp3) is 0.333. The molecular formula is C12H15NO5. The fourth-order valence-electron chi connectivity index (χ4n) is 1.15. The van der Waals surface area contributed by atoms with Crippen LogP contribution in [0.4, 0.5) is 5.69 Å². The number of carboxylic acid groups (broad SMARTS) is 2. The van der Waals surface area contributed by atoms with Crippen LogP contribution in [0.1, 0.15) is 24.2 Å². The highest BCUT2D eigenvalue weighted by molar-refractivity contribution is 5.93. The molecule has 0 saturated carbocycles. The van der Waals surface area contributed by atoms with Gasteiger partial charge in [0.2, 0.25) is 0 Å². The highest BCUT2D eigenvalue weighted by atomic mass is 16.5. The molecule has 0 fully saturated rings. The molecule has 0 radical (unpaired) electrons. The molecule has 6 heteroatoms. The van der Waals surface area contributed by atoms with Crippen molar-refractivity contribution in [1.29, 1.82) is 0 Å². The number of hydrogen-bond acceptors (Lipinski definition) is 4. The Morgan fingerprint density at radius 3 is 2.39 bits per heavy atom. The van der Waals surface area contributed by atoms with Gasteiger partial charge >= 0.3 is 11.9 Å². The third-order valence-corrected chi connectivity index (χ3v) is 2.43. The predicted molar refractivity (Wildman–Crippen MR) is 64.7 cm³/mol. The van der Waals surface area contributed by atoms with E-state index in [0.29, 0.717) is 5.75 Å². The first-order valence-corrected chi connectivity index (χ1v) is 5.23. The lowest BCUT2D eigenvalue weighted by Gasteiger charge is -2.19. The molecule has 0 spiro atoms. The third-order valence-electron chi connectivity index (χ3n) is 2.43. The predicted octanol–water partition coefficient (Wildman–Crippen LogP) is 1.46. The molecule has 18 heavy (non-hydrogen) atoms. The van der Waals surface area contributed by atoms with Gasteiger partial charge in [0.15, 0.2) is 0 Å². The molecule has 0 amide bonds. The van der Waals surface area contributed by atoms with Crippen molar-refractivity contribution >= 4 is 17.6 Å². The molecule has 0 aliphatic rings. The number of aromatic carboxylic acids is 1. The summed E-state index contributed by atoms with van der Waals surface area (Å²) in [6.07, 6.45) is 0. The van der Waals surface area contributed by atoms with E-state index in [4.69, 9.17) is 20.7 Å². The number of ether oxygens (including phenoxy) is 1. The van der Waals surface area contributed by atoms with Crippen molar-refractivity contribution in [2.24, 2.45) is 5.41 Å². The average Bonchev–Trinajstić information content (AvgIpc) is 2.25. The van der Waals surface area contributed by atoms with Crippen molar-refractivity contribution < 1.29 is 24.5 Å². The maximum absolute atomic E-state index is 10.9. The summed E-state index contributed by atoms with van der Waals surface area (Å²) in [4.78, 5) is 21.6. The number of aliphatic carboxylic acids is 1. The number of hydrogen-bond donors (Lipinski definition) is 3. The second kappa shape index (κ2) is 4.95. The molecule has 0 atom stereocenters. The van der Waals surface area contributed by atoms with Gasteiger partial charge in [-0.2, -0.15) is 0 Å². The summed E-state index contributed by atoms with van der Waals surface area (Å²) in [5.41, 5.74) is 4.58. The van der Waals surface area contributed by atoms with E-state index in [1.54, 1.807) is 0 Å². The first-order chi connectivity index (χ1) is 8.24. The Kier molecular flexibility index (Phi) is 3.80. The Bertz CT molecular complexity index is 481. The summed E-state index contributed by atoms with van der Waals surface area (Å²) >= 11 is 0. The zero-order valence-electron chi connectivity index (χ0n) is 10.1. The summed E-state index contributed by atoms with van der Waals surface area (Å²) < 4.78 is 5.29. The van der Waals surface area contributed by atoms with E-state index < -0.39 is 17.4 Å². The molecule has 0 unspecified atom stereocenters. The van der Waals surface area contributed by atoms with E-state index in [1.165, 1.54) is 32.0 Å². The minimum atomic E-state index is -1.12. The zero-order valence-corrected chi connectivity index (χ0v) is 10.1. The highest BCUT2D eigenvalue weighted by Crippen LogP contribution is 2.23. The molecule has 0 aliphatic carbocycles. The molecule has 4 N–H and O–H groups in total. The van der Waals surface area contributed by atoms with Crippen LogP contribution in [0.25, 0.3) is 0 Å². The van der Waals surface area contributed by atoms with E-state index >= 15 is 0 Å². The maximum Gasteiger partial charge on any atom is 0.337 e. The van der Waals surface area contributed by atoms with E-state index in [9.17, 15) is 9.59 Å². The van der Waals surface area contributed by atoms with E-state index in [1.807, 2.05) is 0 Å². The monoisotopic (exact) mass is 253 g/mol. The van der Waals surface area contributed by atoms with Gasteiger partial charge in [0, 0.05) is 11.8 Å². The molecule has 1 aromatic carbocycles. The molecule has 0 heterocycles. The first kappa shape index (κ1) is 13.8. The molecule has 0 aliphatic heterocycles. The van der Waals surface area contributed by atoms with Crippen LogP contribution < -0.4 is 10.5 Å². The van der Waals surface area contributed by atoms with E-state index in [-0.39, 0.29) is 17.9 Å². The van der Waals surface area contributed by atoms with E-state index in [2.05, 4.69) is 0 Å². The Hall–Kier alpha value is -2.24. The van der Waals surface area contributed by atoms with Gasteiger partial charge in [-0.3, -0.25) is 4.79 Å². The van der Waals surface area contributed by atoms with Gasteiger partial charge < -0.3 is 20.7 Å². The van der Waals surface area contributed by atoms with Crippen molar-refractivity contribution in [1.82, 2.24) is 0 Å². The Balaban J connectivity index is 2.79. The summed E-state index contributed by atoms with van der Waals surface area (Å²) in [7, 11) is 0. The normalized spacial score (nSPS) is 11.0. The SMILES string of the molecule is CC(C)(COc1ccc(C(=O)O)c(N)c1)C(=O)O. The lowest BCUT2D eigenvalue weighted by molar-refractivity contribution is -0.148. The quantitative estimate of drug-likeness (QED) is 0.685. The van der Waals surface area contributed by atoms with Crippen LogP contribution in [0.15, 0.2) is 18.2 Å². The second-order valence-corrected chi connectivity index (χ2v) is 4.53. The third kappa shape index (κ3) is 3.13. The summed E-state index contributed by atoms with van der Waals surface area (Å²) in [5, 5.41) is 17.7. The minimum absolute atomic E-state index is 0.0140. The summed E-state index contributed by atoms with van der Waals surface area (Å²) in [6, 6.07) is 4.12. The molecule has 0 aromatic heterocycles. The van der Waals surface area contributed by atoms with Crippen molar-refractivity contribution in [3.8, 4) is 5.75 Å². The summed E-state index contributed by atoms with van der Waals surface area (Å²) in [5.74, 6) is -1.76. The molecule has 0 saturated heterocycles. The summed E-state index contributed by atoms with van der Waals surface area (Å²) in [6.45, 7) is 3.03. The Morgan fingerprint density at radius 2 is 1.94 bits per heavy atom. The van der Waals surface area contributed by atoms with Crippen molar-refractivity contribution in [3.63, 3.8) is 0 Å². The first-order valence-electron chi connectivity index (χ1n) is 5.23. The number of carbonyl (C=O) groups is 2. The van der Waals surface area contributed by atoms with Gasteiger partial charge in [-0.05, 0) is 26.0 Å². The van der Waals surface area contributed by atoms with Crippen LogP contribution >= 0.6 is 0 Å². The highest BCUT2D eigenvalue weighted by Gasteiger charge is 2.28. The average molecular weight is 253 g/mol. The molecule has 6 nitrogen and oxygen atoms in total. The molecular weight excluding hydrogens is 238 g/mol.